The molecule has 0 spiro atoms. The van der Waals surface area contributed by atoms with Crippen LogP contribution in [-0.2, 0) is 9.53 Å². The first kappa shape index (κ1) is 21.3. The molecule has 6 heteroatoms. The van der Waals surface area contributed by atoms with E-state index < -0.39 is 0 Å². The third kappa shape index (κ3) is 5.61. The van der Waals surface area contributed by atoms with Gasteiger partial charge in [0.1, 0.15) is 6.61 Å². The number of carbonyl (C=O) groups excluding carboxylic acids is 2. The number of morpholine rings is 1. The monoisotopic (exact) mass is 413 g/mol. The Hall–Kier alpha value is -1.92. The quantitative estimate of drug-likeness (QED) is 0.746. The summed E-state index contributed by atoms with van der Waals surface area (Å²) in [6.07, 6.45) is 5.01. The highest BCUT2D eigenvalue weighted by atomic mass is 16.5. The number of hydrogen-bond acceptors (Lipinski definition) is 4. The van der Waals surface area contributed by atoms with Crippen molar-refractivity contribution in [2.45, 2.75) is 45.6 Å². The summed E-state index contributed by atoms with van der Waals surface area (Å²) < 4.78 is 5.69. The lowest BCUT2D eigenvalue weighted by Crippen LogP contribution is -2.52. The Kier molecular flexibility index (Phi) is 6.74. The Morgan fingerprint density at radius 2 is 1.80 bits per heavy atom. The van der Waals surface area contributed by atoms with Crippen LogP contribution in [0.15, 0.2) is 18.2 Å². The third-order valence-corrected chi connectivity index (χ3v) is 6.88. The fourth-order valence-corrected chi connectivity index (χ4v) is 4.50. The minimum Gasteiger partial charge on any atom is -0.365 e. The molecule has 1 aromatic carbocycles. The summed E-state index contributed by atoms with van der Waals surface area (Å²) in [5, 5.41) is 2.98. The average molecular weight is 414 g/mol. The van der Waals surface area contributed by atoms with E-state index in [9.17, 15) is 9.59 Å². The molecule has 1 atom stereocenters. The number of carbonyl (C=O) groups is 2. The van der Waals surface area contributed by atoms with Crippen LogP contribution >= 0.6 is 0 Å². The smallest absolute Gasteiger partial charge is 0.251 e. The number of aryl methyl sites for hydroxylation is 2. The molecule has 2 amide bonds. The van der Waals surface area contributed by atoms with Crippen molar-refractivity contribution in [3.8, 4) is 0 Å². The van der Waals surface area contributed by atoms with Crippen LogP contribution in [0.2, 0.25) is 0 Å². The SMILES string of the molecule is Cc1ccc(C(=O)NC[C@@H]2CN(CC3CCN(CC4CC4)CC3)C(=O)CO2)cc1C. The highest BCUT2D eigenvalue weighted by molar-refractivity contribution is 5.94. The van der Waals surface area contributed by atoms with Crippen molar-refractivity contribution in [2.75, 3.05) is 45.9 Å². The molecular weight excluding hydrogens is 378 g/mol. The van der Waals surface area contributed by atoms with Gasteiger partial charge < -0.3 is 19.9 Å². The summed E-state index contributed by atoms with van der Waals surface area (Å²) in [5.74, 6) is 1.51. The molecule has 164 valence electrons. The summed E-state index contributed by atoms with van der Waals surface area (Å²) in [4.78, 5) is 29.4. The molecule has 2 saturated heterocycles. The van der Waals surface area contributed by atoms with Gasteiger partial charge in [-0.25, -0.2) is 0 Å². The first-order valence-corrected chi connectivity index (χ1v) is 11.4. The second-order valence-electron chi connectivity index (χ2n) is 9.43. The van der Waals surface area contributed by atoms with Gasteiger partial charge in [-0.15, -0.1) is 0 Å². The summed E-state index contributed by atoms with van der Waals surface area (Å²) in [7, 11) is 0. The Bertz CT molecular complexity index is 769. The van der Waals surface area contributed by atoms with Crippen molar-refractivity contribution in [3.05, 3.63) is 34.9 Å². The van der Waals surface area contributed by atoms with Crippen molar-refractivity contribution in [3.63, 3.8) is 0 Å². The molecule has 3 aliphatic rings. The highest BCUT2D eigenvalue weighted by Gasteiger charge is 2.31. The van der Waals surface area contributed by atoms with E-state index in [4.69, 9.17) is 4.74 Å². The second-order valence-corrected chi connectivity index (χ2v) is 9.43. The number of ether oxygens (including phenoxy) is 1. The fourth-order valence-electron chi connectivity index (χ4n) is 4.50. The van der Waals surface area contributed by atoms with E-state index in [1.165, 1.54) is 37.8 Å². The maximum atomic E-state index is 12.5. The molecule has 0 unspecified atom stereocenters. The molecule has 1 N–H and O–H groups in total. The normalized spacial score (nSPS) is 23.6. The third-order valence-electron chi connectivity index (χ3n) is 6.88. The minimum absolute atomic E-state index is 0.0761. The van der Waals surface area contributed by atoms with E-state index in [1.54, 1.807) is 0 Å². The van der Waals surface area contributed by atoms with Crippen LogP contribution in [0.4, 0.5) is 0 Å². The Morgan fingerprint density at radius 3 is 2.50 bits per heavy atom. The topological polar surface area (TPSA) is 61.9 Å². The van der Waals surface area contributed by atoms with Gasteiger partial charge in [-0.05, 0) is 87.7 Å². The zero-order valence-corrected chi connectivity index (χ0v) is 18.4. The molecule has 30 heavy (non-hydrogen) atoms. The zero-order chi connectivity index (χ0) is 21.1. The largest absolute Gasteiger partial charge is 0.365 e. The maximum absolute atomic E-state index is 12.5. The standard InChI is InChI=1S/C24H35N3O3/c1-17-3-6-21(11-18(17)2)24(29)25-12-22-15-27(23(28)16-30-22)14-20-7-9-26(10-8-20)13-19-4-5-19/h3,6,11,19-20,22H,4-5,7-10,12-16H2,1-2H3,(H,25,29)/t22-/m1/s1. The molecule has 2 aliphatic heterocycles. The molecule has 4 rings (SSSR count). The predicted octanol–water partition coefficient (Wildman–Crippen LogP) is 2.38. The van der Waals surface area contributed by atoms with Crippen LogP contribution in [-0.4, -0.2) is 73.6 Å². The summed E-state index contributed by atoms with van der Waals surface area (Å²) in [5.41, 5.74) is 2.95. The lowest BCUT2D eigenvalue weighted by molar-refractivity contribution is -0.149. The molecule has 0 radical (unpaired) electrons. The highest BCUT2D eigenvalue weighted by Crippen LogP contribution is 2.31. The lowest BCUT2D eigenvalue weighted by atomic mass is 9.95. The van der Waals surface area contributed by atoms with E-state index in [2.05, 4.69) is 10.2 Å². The number of nitrogens with zero attached hydrogens (tertiary/aromatic N) is 2. The molecule has 1 aromatic rings. The van der Waals surface area contributed by atoms with Gasteiger partial charge in [-0.1, -0.05) is 6.07 Å². The average Bonchev–Trinajstić information content (AvgIpc) is 3.56. The number of likely N-dealkylation sites (tertiary alicyclic amines) is 1. The first-order valence-electron chi connectivity index (χ1n) is 11.4. The van der Waals surface area contributed by atoms with E-state index in [0.717, 1.165) is 31.1 Å². The van der Waals surface area contributed by atoms with Gasteiger partial charge in [0.2, 0.25) is 5.91 Å². The van der Waals surface area contributed by atoms with Crippen molar-refractivity contribution < 1.29 is 14.3 Å². The molecule has 2 heterocycles. The molecule has 1 aliphatic carbocycles. The first-order chi connectivity index (χ1) is 14.5. The predicted molar refractivity (Wildman–Crippen MR) is 116 cm³/mol. The van der Waals surface area contributed by atoms with Gasteiger partial charge in [0.05, 0.1) is 6.10 Å². The van der Waals surface area contributed by atoms with Crippen molar-refractivity contribution in [1.29, 1.82) is 0 Å². The number of benzene rings is 1. The van der Waals surface area contributed by atoms with Gasteiger partial charge in [0.15, 0.2) is 0 Å². The van der Waals surface area contributed by atoms with Gasteiger partial charge in [-0.3, -0.25) is 9.59 Å². The number of nitrogens with one attached hydrogen (secondary N) is 1. The van der Waals surface area contributed by atoms with E-state index in [0.29, 0.717) is 24.6 Å². The second kappa shape index (κ2) is 9.48. The molecule has 6 nitrogen and oxygen atoms in total. The van der Waals surface area contributed by atoms with Crippen LogP contribution in [0.5, 0.6) is 0 Å². The van der Waals surface area contributed by atoms with Crippen molar-refractivity contribution >= 4 is 11.8 Å². The molecule has 1 saturated carbocycles. The van der Waals surface area contributed by atoms with Crippen LogP contribution in [0.25, 0.3) is 0 Å². The summed E-state index contributed by atoms with van der Waals surface area (Å²) in [6, 6.07) is 5.74. The van der Waals surface area contributed by atoms with Crippen LogP contribution in [0, 0.1) is 25.7 Å². The Balaban J connectivity index is 1.22. The van der Waals surface area contributed by atoms with Crippen LogP contribution in [0.1, 0.15) is 47.2 Å². The van der Waals surface area contributed by atoms with Crippen LogP contribution < -0.4 is 5.32 Å². The number of hydrogen-bond donors (Lipinski definition) is 1. The molecule has 0 aromatic heterocycles. The summed E-state index contributed by atoms with van der Waals surface area (Å²) >= 11 is 0. The summed E-state index contributed by atoms with van der Waals surface area (Å²) in [6.45, 7) is 9.57. The minimum atomic E-state index is -0.145. The van der Waals surface area contributed by atoms with Gasteiger partial charge in [0.25, 0.3) is 5.91 Å². The zero-order valence-electron chi connectivity index (χ0n) is 18.4. The van der Waals surface area contributed by atoms with Gasteiger partial charge >= 0.3 is 0 Å². The van der Waals surface area contributed by atoms with Gasteiger partial charge in [-0.2, -0.15) is 0 Å². The Labute approximate surface area is 179 Å². The lowest BCUT2D eigenvalue weighted by Gasteiger charge is -2.38. The number of piperidine rings is 1. The molecular formula is C24H35N3O3. The van der Waals surface area contributed by atoms with Crippen molar-refractivity contribution in [1.82, 2.24) is 15.1 Å². The fraction of sp³-hybridized carbons (Fsp3) is 0.667. The number of amides is 2. The van der Waals surface area contributed by atoms with E-state index >= 15 is 0 Å². The van der Waals surface area contributed by atoms with E-state index in [1.807, 2.05) is 36.9 Å². The maximum Gasteiger partial charge on any atom is 0.251 e. The molecule has 0 bridgehead atoms. The number of rotatable bonds is 7. The van der Waals surface area contributed by atoms with Crippen LogP contribution in [0.3, 0.4) is 0 Å². The van der Waals surface area contributed by atoms with E-state index in [-0.39, 0.29) is 24.5 Å². The molecule has 3 fully saturated rings. The Morgan fingerprint density at radius 1 is 1.07 bits per heavy atom. The van der Waals surface area contributed by atoms with Crippen molar-refractivity contribution in [2.24, 2.45) is 11.8 Å². The van der Waals surface area contributed by atoms with Gasteiger partial charge in [0, 0.05) is 31.7 Å².